The Morgan fingerprint density at radius 1 is 1.69 bits per heavy atom. The summed E-state index contributed by atoms with van der Waals surface area (Å²) in [5, 5.41) is 5.31. The van der Waals surface area contributed by atoms with Crippen LogP contribution in [0.5, 0.6) is 0 Å². The molecule has 1 unspecified atom stereocenters. The molecule has 1 fully saturated rings. The summed E-state index contributed by atoms with van der Waals surface area (Å²) in [5.41, 5.74) is 1.09. The standard InChI is InChI=1S/C12H18N2OS/c1-9-4-6-16-11(9)12(15)14(2)8-10-3-5-13-7-10/h4,6,10,13H,3,5,7-8H2,1-2H3. The first-order valence-electron chi connectivity index (χ1n) is 5.68. The van der Waals surface area contributed by atoms with Crippen LogP contribution in [0, 0.1) is 12.8 Å². The highest BCUT2D eigenvalue weighted by Gasteiger charge is 2.21. The molecule has 1 aliphatic rings. The third-order valence-corrected chi connectivity index (χ3v) is 4.10. The average molecular weight is 238 g/mol. The molecule has 0 radical (unpaired) electrons. The molecule has 2 heterocycles. The van der Waals surface area contributed by atoms with Gasteiger partial charge in [0.05, 0.1) is 4.88 Å². The van der Waals surface area contributed by atoms with Crippen molar-refractivity contribution in [3.05, 3.63) is 21.9 Å². The molecule has 2 rings (SSSR count). The van der Waals surface area contributed by atoms with E-state index in [1.165, 1.54) is 17.8 Å². The zero-order valence-electron chi connectivity index (χ0n) is 9.82. The molecule has 1 aromatic rings. The maximum Gasteiger partial charge on any atom is 0.263 e. The van der Waals surface area contributed by atoms with Gasteiger partial charge in [0.15, 0.2) is 0 Å². The minimum Gasteiger partial charge on any atom is -0.341 e. The number of carbonyl (C=O) groups excluding carboxylic acids is 1. The summed E-state index contributed by atoms with van der Waals surface area (Å²) < 4.78 is 0. The highest BCUT2D eigenvalue weighted by Crippen LogP contribution is 2.18. The lowest BCUT2D eigenvalue weighted by Gasteiger charge is -2.20. The van der Waals surface area contributed by atoms with Crippen molar-refractivity contribution >= 4 is 17.2 Å². The Balaban J connectivity index is 1.96. The van der Waals surface area contributed by atoms with Crippen molar-refractivity contribution in [3.8, 4) is 0 Å². The maximum absolute atomic E-state index is 12.1. The fourth-order valence-electron chi connectivity index (χ4n) is 2.11. The lowest BCUT2D eigenvalue weighted by molar-refractivity contribution is 0.0780. The van der Waals surface area contributed by atoms with Gasteiger partial charge in [-0.15, -0.1) is 11.3 Å². The number of nitrogens with zero attached hydrogens (tertiary/aromatic N) is 1. The highest BCUT2D eigenvalue weighted by atomic mass is 32.1. The van der Waals surface area contributed by atoms with Crippen LogP contribution in [0.4, 0.5) is 0 Å². The molecule has 4 heteroatoms. The van der Waals surface area contributed by atoms with Crippen molar-refractivity contribution in [1.29, 1.82) is 0 Å². The van der Waals surface area contributed by atoms with E-state index in [4.69, 9.17) is 0 Å². The highest BCUT2D eigenvalue weighted by molar-refractivity contribution is 7.12. The van der Waals surface area contributed by atoms with E-state index in [0.29, 0.717) is 5.92 Å². The predicted molar refractivity (Wildman–Crippen MR) is 67.0 cm³/mol. The first-order valence-corrected chi connectivity index (χ1v) is 6.56. The molecule has 1 aromatic heterocycles. The molecule has 0 bridgehead atoms. The summed E-state index contributed by atoms with van der Waals surface area (Å²) in [6.07, 6.45) is 1.18. The van der Waals surface area contributed by atoms with Crippen LogP contribution in [0.15, 0.2) is 11.4 Å². The minimum absolute atomic E-state index is 0.166. The molecule has 88 valence electrons. The molecule has 1 atom stereocenters. The van der Waals surface area contributed by atoms with Gasteiger partial charge in [-0.1, -0.05) is 0 Å². The van der Waals surface area contributed by atoms with Gasteiger partial charge < -0.3 is 10.2 Å². The predicted octanol–water partition coefficient (Wildman–Crippen LogP) is 1.74. The largest absolute Gasteiger partial charge is 0.341 e. The monoisotopic (exact) mass is 238 g/mol. The Kier molecular flexibility index (Phi) is 3.61. The zero-order valence-corrected chi connectivity index (χ0v) is 10.6. The van der Waals surface area contributed by atoms with Gasteiger partial charge in [-0.2, -0.15) is 0 Å². The fourth-order valence-corrected chi connectivity index (χ4v) is 3.02. The minimum atomic E-state index is 0.166. The number of hydrogen-bond donors (Lipinski definition) is 1. The maximum atomic E-state index is 12.1. The van der Waals surface area contributed by atoms with E-state index in [1.807, 2.05) is 30.3 Å². The first-order chi connectivity index (χ1) is 7.68. The van der Waals surface area contributed by atoms with Gasteiger partial charge in [-0.3, -0.25) is 4.79 Å². The summed E-state index contributed by atoms with van der Waals surface area (Å²) in [7, 11) is 1.90. The molecule has 0 saturated carbocycles. The van der Waals surface area contributed by atoms with E-state index < -0.39 is 0 Å². The summed E-state index contributed by atoms with van der Waals surface area (Å²) in [6, 6.07) is 2.00. The van der Waals surface area contributed by atoms with Gasteiger partial charge >= 0.3 is 0 Å². The summed E-state index contributed by atoms with van der Waals surface area (Å²) >= 11 is 1.54. The number of amides is 1. The molecule has 0 aliphatic carbocycles. The Morgan fingerprint density at radius 2 is 2.50 bits per heavy atom. The number of thiophene rings is 1. The third kappa shape index (κ3) is 2.44. The molecule has 0 aromatic carbocycles. The Morgan fingerprint density at radius 3 is 3.06 bits per heavy atom. The van der Waals surface area contributed by atoms with Gasteiger partial charge in [-0.05, 0) is 49.4 Å². The van der Waals surface area contributed by atoms with Crippen LogP contribution in [-0.4, -0.2) is 37.5 Å². The number of aryl methyl sites for hydroxylation is 1. The van der Waals surface area contributed by atoms with Crippen molar-refractivity contribution in [2.45, 2.75) is 13.3 Å². The van der Waals surface area contributed by atoms with Crippen LogP contribution in [0.3, 0.4) is 0 Å². The molecule has 3 nitrogen and oxygen atoms in total. The molecule has 16 heavy (non-hydrogen) atoms. The van der Waals surface area contributed by atoms with Crippen molar-refractivity contribution in [1.82, 2.24) is 10.2 Å². The fraction of sp³-hybridized carbons (Fsp3) is 0.583. The molecule has 0 spiro atoms. The normalized spacial score (nSPS) is 20.0. The van der Waals surface area contributed by atoms with Crippen LogP contribution in [0.1, 0.15) is 21.7 Å². The van der Waals surface area contributed by atoms with E-state index in [-0.39, 0.29) is 5.91 Å². The second-order valence-corrected chi connectivity index (χ2v) is 5.39. The quantitative estimate of drug-likeness (QED) is 0.870. The summed E-state index contributed by atoms with van der Waals surface area (Å²) in [5.74, 6) is 0.786. The van der Waals surface area contributed by atoms with Crippen molar-refractivity contribution < 1.29 is 4.79 Å². The van der Waals surface area contributed by atoms with E-state index >= 15 is 0 Å². The Labute approximate surface area is 100 Å². The average Bonchev–Trinajstić information content (AvgIpc) is 2.88. The third-order valence-electron chi connectivity index (χ3n) is 3.10. The molecule has 1 amide bonds. The van der Waals surface area contributed by atoms with Crippen molar-refractivity contribution in [2.75, 3.05) is 26.7 Å². The van der Waals surface area contributed by atoms with Gasteiger partial charge in [-0.25, -0.2) is 0 Å². The second-order valence-electron chi connectivity index (χ2n) is 4.48. The number of hydrogen-bond acceptors (Lipinski definition) is 3. The molecule has 1 saturated heterocycles. The molecule has 1 aliphatic heterocycles. The smallest absolute Gasteiger partial charge is 0.263 e. The van der Waals surface area contributed by atoms with Crippen LogP contribution < -0.4 is 5.32 Å². The van der Waals surface area contributed by atoms with Gasteiger partial charge in [0.2, 0.25) is 0 Å². The van der Waals surface area contributed by atoms with Gasteiger partial charge in [0, 0.05) is 13.6 Å². The van der Waals surface area contributed by atoms with Gasteiger partial charge in [0.25, 0.3) is 5.91 Å². The molecule has 1 N–H and O–H groups in total. The van der Waals surface area contributed by atoms with Crippen LogP contribution in [0.2, 0.25) is 0 Å². The van der Waals surface area contributed by atoms with E-state index in [0.717, 1.165) is 30.1 Å². The number of rotatable bonds is 3. The lowest BCUT2D eigenvalue weighted by Crippen LogP contribution is -2.32. The first kappa shape index (κ1) is 11.6. The number of nitrogens with one attached hydrogen (secondary N) is 1. The molecular formula is C12H18N2OS. The van der Waals surface area contributed by atoms with E-state index in [9.17, 15) is 4.79 Å². The van der Waals surface area contributed by atoms with Crippen LogP contribution in [-0.2, 0) is 0 Å². The van der Waals surface area contributed by atoms with Crippen molar-refractivity contribution in [2.24, 2.45) is 5.92 Å². The van der Waals surface area contributed by atoms with Gasteiger partial charge in [0.1, 0.15) is 0 Å². The summed E-state index contributed by atoms with van der Waals surface area (Å²) in [6.45, 7) is 4.99. The van der Waals surface area contributed by atoms with Crippen LogP contribution >= 0.6 is 11.3 Å². The number of carbonyl (C=O) groups is 1. The second kappa shape index (κ2) is 4.97. The SMILES string of the molecule is Cc1ccsc1C(=O)N(C)CC1CCNC1. The molecular weight excluding hydrogens is 220 g/mol. The summed E-state index contributed by atoms with van der Waals surface area (Å²) in [4.78, 5) is 14.9. The van der Waals surface area contributed by atoms with E-state index in [1.54, 1.807) is 0 Å². The van der Waals surface area contributed by atoms with E-state index in [2.05, 4.69) is 5.32 Å². The van der Waals surface area contributed by atoms with Crippen molar-refractivity contribution in [3.63, 3.8) is 0 Å². The Bertz CT molecular complexity index is 369. The Hall–Kier alpha value is -0.870. The zero-order chi connectivity index (χ0) is 11.5. The topological polar surface area (TPSA) is 32.3 Å². The van der Waals surface area contributed by atoms with Crippen LogP contribution in [0.25, 0.3) is 0 Å². The lowest BCUT2D eigenvalue weighted by atomic mass is 10.1.